The molecule has 0 aliphatic rings. The highest BCUT2D eigenvalue weighted by Gasteiger charge is 2.52. The molecule has 0 aromatic heterocycles. The maximum absolute atomic E-state index is 6.20. The average Bonchev–Trinajstić information content (AvgIpc) is 2.94. The zero-order chi connectivity index (χ0) is 38.1. The van der Waals surface area contributed by atoms with Gasteiger partial charge in [-0.25, -0.2) is 0 Å². The van der Waals surface area contributed by atoms with Crippen LogP contribution in [-0.2, 0) is 14.0 Å². The van der Waals surface area contributed by atoms with Gasteiger partial charge in [-0.3, -0.25) is 0 Å². The van der Waals surface area contributed by atoms with Gasteiger partial charge in [0.05, 0.1) is 18.3 Å². The predicted molar refractivity (Wildman–Crippen MR) is 224 cm³/mol. The van der Waals surface area contributed by atoms with Gasteiger partial charge in [0, 0.05) is 10.8 Å². The molecular weight excluding hydrogens is 650 g/mol. The van der Waals surface area contributed by atoms with Crippen LogP contribution in [0.3, 0.4) is 0 Å². The largest absolute Gasteiger partial charge is 0.890 e. The van der Waals surface area contributed by atoms with E-state index >= 15 is 0 Å². The standard InChI is InChI=1S/C41H72BNO3Si3/c1-30(2)47(31(3)4,32(5)6)26-23-44-42(45-24-27-48(33(7)8,34(9)10)35(11)12)46-25-28-49(36(13)14,37(15)16)41(19,20)43-40-22-21-38(17)29-39(40)18/h21-22,29-37,43H,1-20H3. The summed E-state index contributed by atoms with van der Waals surface area (Å²) in [5.74, 6) is 0. The number of rotatable bonds is 14. The zero-order valence-corrected chi connectivity index (χ0v) is 38.2. The van der Waals surface area contributed by atoms with Crippen LogP contribution in [0.25, 0.3) is 0 Å². The highest BCUT2D eigenvalue weighted by molar-refractivity contribution is 6.92. The van der Waals surface area contributed by atoms with Crippen molar-refractivity contribution in [3.63, 3.8) is 0 Å². The summed E-state index contributed by atoms with van der Waals surface area (Å²) in [7, 11) is -7.63. The van der Waals surface area contributed by atoms with Gasteiger partial charge in [0.15, 0.2) is 8.07 Å². The molecule has 0 fully saturated rings. The van der Waals surface area contributed by atoms with Crippen LogP contribution in [0.4, 0.5) is 5.69 Å². The van der Waals surface area contributed by atoms with Gasteiger partial charge in [-0.1, -0.05) is 145 Å². The Morgan fingerprint density at radius 2 is 0.898 bits per heavy atom. The van der Waals surface area contributed by atoms with Gasteiger partial charge < -0.3 is 19.3 Å². The van der Waals surface area contributed by atoms with E-state index in [1.807, 2.05) is 0 Å². The van der Waals surface area contributed by atoms with Crippen LogP contribution in [0.15, 0.2) is 18.2 Å². The summed E-state index contributed by atoms with van der Waals surface area (Å²) < 4.78 is 18.5. The van der Waals surface area contributed by atoms with Gasteiger partial charge in [-0.05, 0) is 83.7 Å². The third-order valence-electron chi connectivity index (χ3n) is 11.7. The van der Waals surface area contributed by atoms with Crippen LogP contribution >= 0.6 is 0 Å². The van der Waals surface area contributed by atoms with Crippen molar-refractivity contribution in [1.29, 1.82) is 0 Å². The van der Waals surface area contributed by atoms with E-state index in [1.165, 1.54) is 11.1 Å². The summed E-state index contributed by atoms with van der Waals surface area (Å²) in [5.41, 5.74) is 18.2. The lowest BCUT2D eigenvalue weighted by Gasteiger charge is -2.48. The van der Waals surface area contributed by atoms with Crippen molar-refractivity contribution in [2.45, 2.75) is 188 Å². The first-order chi connectivity index (χ1) is 22.5. The van der Waals surface area contributed by atoms with Crippen molar-refractivity contribution in [1.82, 2.24) is 0 Å². The van der Waals surface area contributed by atoms with Crippen molar-refractivity contribution in [2.75, 3.05) is 5.32 Å². The van der Waals surface area contributed by atoms with Crippen molar-refractivity contribution < 1.29 is 14.0 Å². The van der Waals surface area contributed by atoms with Crippen molar-refractivity contribution in [3.05, 3.63) is 29.3 Å². The summed E-state index contributed by atoms with van der Waals surface area (Å²) in [5, 5.41) is 3.66. The molecule has 8 heteroatoms. The van der Waals surface area contributed by atoms with Gasteiger partial charge in [-0.2, -0.15) is 0 Å². The zero-order valence-electron chi connectivity index (χ0n) is 35.2. The number of hydrogen-bond donors (Lipinski definition) is 1. The topological polar surface area (TPSA) is 39.7 Å². The third kappa shape index (κ3) is 9.99. The second-order valence-corrected chi connectivity index (χ2v) is 34.1. The first-order valence-corrected chi connectivity index (χ1v) is 25.5. The van der Waals surface area contributed by atoms with Crippen molar-refractivity contribution in [2.24, 2.45) is 0 Å². The lowest BCUT2D eigenvalue weighted by Crippen LogP contribution is -2.63. The Bertz CT molecular complexity index is 1290. The lowest BCUT2D eigenvalue weighted by molar-refractivity contribution is 0.257. The molecule has 49 heavy (non-hydrogen) atoms. The first-order valence-electron chi connectivity index (χ1n) is 18.9. The molecule has 0 saturated carbocycles. The monoisotopic (exact) mass is 721 g/mol. The molecule has 1 rings (SSSR count). The molecule has 0 atom stereocenters. The van der Waals surface area contributed by atoms with E-state index in [1.54, 1.807) is 0 Å². The van der Waals surface area contributed by atoms with Gasteiger partial charge in [0.25, 0.3) is 0 Å². The fourth-order valence-corrected chi connectivity index (χ4v) is 25.3. The number of nitrogens with one attached hydrogen (secondary N) is 1. The molecule has 0 aliphatic carbocycles. The number of aryl methyl sites for hydroxylation is 2. The molecule has 274 valence electrons. The summed E-state index contributed by atoms with van der Waals surface area (Å²) in [6.45, 7) is 45.7. The molecular formula is C41H72BNO3Si3. The molecule has 0 saturated heterocycles. The Kier molecular flexibility index (Phi) is 16.8. The quantitative estimate of drug-likeness (QED) is 0.153. The van der Waals surface area contributed by atoms with Crippen LogP contribution in [0.2, 0.25) is 44.3 Å². The predicted octanol–water partition coefficient (Wildman–Crippen LogP) is 12.2. The Morgan fingerprint density at radius 1 is 0.551 bits per heavy atom. The van der Waals surface area contributed by atoms with Gasteiger partial charge in [-0.15, -0.1) is 0 Å². The van der Waals surface area contributed by atoms with Crippen molar-refractivity contribution in [3.8, 4) is 35.0 Å². The smallest absolute Gasteiger partial charge is 0.439 e. The Morgan fingerprint density at radius 3 is 1.20 bits per heavy atom. The van der Waals surface area contributed by atoms with Crippen molar-refractivity contribution >= 4 is 37.2 Å². The molecule has 0 heterocycles. The summed E-state index contributed by atoms with van der Waals surface area (Å²) >= 11 is 0. The normalized spacial score (nSPS) is 12.7. The van der Waals surface area contributed by atoms with Crippen LogP contribution in [0.5, 0.6) is 0 Å². The molecule has 0 spiro atoms. The highest BCUT2D eigenvalue weighted by Crippen LogP contribution is 2.43. The average molecular weight is 722 g/mol. The van der Waals surface area contributed by atoms with E-state index in [4.69, 9.17) is 14.0 Å². The molecule has 0 radical (unpaired) electrons. The van der Waals surface area contributed by atoms with Crippen LogP contribution in [-0.4, -0.2) is 36.7 Å². The molecule has 4 nitrogen and oxygen atoms in total. The molecule has 0 unspecified atom stereocenters. The Balaban J connectivity index is 3.76. The second kappa shape index (κ2) is 18.3. The van der Waals surface area contributed by atoms with Crippen LogP contribution in [0.1, 0.15) is 136 Å². The summed E-state index contributed by atoms with van der Waals surface area (Å²) in [6.07, 6.45) is 9.32. The maximum atomic E-state index is 6.20. The maximum Gasteiger partial charge on any atom is 0.890 e. The molecule has 1 aromatic carbocycles. The SMILES string of the molecule is Cc1ccc(NC(C)(C)[Si](C#COB(OC#C[Si](C(C)C)(C(C)C)C(C)C)OC#C[Si](C(C)C)(C(C)C)C(C)C)(C(C)C)C(C)C)c(C)c1. The fourth-order valence-electron chi connectivity index (χ4n) is 9.38. The van der Waals surface area contributed by atoms with Gasteiger partial charge in [0.1, 0.15) is 16.1 Å². The van der Waals surface area contributed by atoms with Crippen LogP contribution < -0.4 is 5.32 Å². The Labute approximate surface area is 307 Å². The molecule has 1 aromatic rings. The minimum atomic E-state index is -2.44. The molecule has 0 bridgehead atoms. The summed E-state index contributed by atoms with van der Waals surface area (Å²) in [6, 6.07) is 6.59. The number of anilines is 1. The minimum Gasteiger partial charge on any atom is -0.439 e. The van der Waals surface area contributed by atoms with E-state index in [2.05, 4.69) is 197 Å². The van der Waals surface area contributed by atoms with Crippen LogP contribution in [0, 0.1) is 48.8 Å². The lowest BCUT2D eigenvalue weighted by atomic mass is 10.1. The van der Waals surface area contributed by atoms with Gasteiger partial charge in [0.2, 0.25) is 0 Å². The minimum absolute atomic E-state index is 0.267. The number of benzene rings is 1. The van der Waals surface area contributed by atoms with Gasteiger partial charge >= 0.3 is 7.32 Å². The molecule has 0 amide bonds. The third-order valence-corrected chi connectivity index (χ3v) is 30.6. The highest BCUT2D eigenvalue weighted by atomic mass is 28.3. The molecule has 1 N–H and O–H groups in total. The second-order valence-electron chi connectivity index (χ2n) is 17.4. The first kappa shape index (κ1) is 44.8. The van der Waals surface area contributed by atoms with E-state index < -0.39 is 31.5 Å². The van der Waals surface area contributed by atoms with E-state index in [9.17, 15) is 0 Å². The summed E-state index contributed by atoms with van der Waals surface area (Å²) in [4.78, 5) is 0. The fraction of sp³-hybridized carbons (Fsp3) is 0.707. The molecule has 0 aliphatic heterocycles. The van der Waals surface area contributed by atoms with E-state index in [0.717, 1.165) is 5.69 Å². The Hall–Kier alpha value is -2.18. The van der Waals surface area contributed by atoms with E-state index in [0.29, 0.717) is 44.3 Å². The number of hydrogen-bond acceptors (Lipinski definition) is 4. The van der Waals surface area contributed by atoms with E-state index in [-0.39, 0.29) is 5.16 Å².